The summed E-state index contributed by atoms with van der Waals surface area (Å²) in [7, 11) is 1.60. The van der Waals surface area contributed by atoms with Gasteiger partial charge in [0.05, 0.1) is 27.1 Å². The number of benzene rings is 2. The zero-order valence-corrected chi connectivity index (χ0v) is 20.0. The van der Waals surface area contributed by atoms with E-state index in [1.54, 1.807) is 30.8 Å². The van der Waals surface area contributed by atoms with Gasteiger partial charge in [-0.2, -0.15) is 0 Å². The van der Waals surface area contributed by atoms with Gasteiger partial charge in [0.1, 0.15) is 11.6 Å². The van der Waals surface area contributed by atoms with E-state index in [4.69, 9.17) is 9.47 Å². The molecule has 0 aliphatic carbocycles. The van der Waals surface area contributed by atoms with Crippen molar-refractivity contribution in [1.82, 2.24) is 15.3 Å². The Kier molecular flexibility index (Phi) is 6.51. The van der Waals surface area contributed by atoms with Gasteiger partial charge in [-0.3, -0.25) is 9.78 Å². The van der Waals surface area contributed by atoms with Crippen molar-refractivity contribution in [3.8, 4) is 21.4 Å². The van der Waals surface area contributed by atoms with E-state index in [0.29, 0.717) is 29.5 Å². The zero-order chi connectivity index (χ0) is 23.3. The lowest BCUT2D eigenvalue weighted by Gasteiger charge is -2.12. The highest BCUT2D eigenvalue weighted by Gasteiger charge is 2.14. The normalized spacial score (nSPS) is 10.9. The summed E-state index contributed by atoms with van der Waals surface area (Å²) in [4.78, 5) is 23.1. The largest absolute Gasteiger partial charge is 0.493 e. The average Bonchev–Trinajstić information content (AvgIpc) is 3.54. The van der Waals surface area contributed by atoms with Gasteiger partial charge in [0.2, 0.25) is 0 Å². The molecule has 5 aromatic rings. The number of thiophene rings is 1. The second-order valence-corrected chi connectivity index (χ2v) is 9.58. The first-order valence-corrected chi connectivity index (χ1v) is 12.3. The lowest BCUT2D eigenvalue weighted by Crippen LogP contribution is -2.21. The fraction of sp³-hybridized carbons (Fsp3) is 0.115. The van der Waals surface area contributed by atoms with Gasteiger partial charge in [0, 0.05) is 18.9 Å². The average molecular weight is 488 g/mol. The lowest BCUT2D eigenvalue weighted by atomic mass is 10.2. The Bertz CT molecular complexity index is 1400. The van der Waals surface area contributed by atoms with Crippen molar-refractivity contribution >= 4 is 38.8 Å². The van der Waals surface area contributed by atoms with E-state index in [-0.39, 0.29) is 5.91 Å². The van der Waals surface area contributed by atoms with Gasteiger partial charge in [-0.25, -0.2) is 4.98 Å². The first kappa shape index (κ1) is 22.1. The van der Waals surface area contributed by atoms with Gasteiger partial charge in [0.15, 0.2) is 11.5 Å². The molecule has 34 heavy (non-hydrogen) atoms. The Balaban J connectivity index is 1.22. The van der Waals surface area contributed by atoms with E-state index in [2.05, 4.69) is 21.4 Å². The number of nitrogens with one attached hydrogen (secondary N) is 1. The Labute approximate surface area is 204 Å². The molecule has 0 atom stereocenters. The molecule has 3 heterocycles. The van der Waals surface area contributed by atoms with Crippen LogP contribution in [0.1, 0.15) is 20.8 Å². The molecule has 3 aromatic heterocycles. The highest BCUT2D eigenvalue weighted by Crippen LogP contribution is 2.34. The number of nitrogens with zero attached hydrogens (tertiary/aromatic N) is 2. The fourth-order valence-corrected chi connectivity index (χ4v) is 5.35. The molecule has 5 rings (SSSR count). The molecule has 0 aliphatic rings. The number of thiazole rings is 1. The number of rotatable bonds is 8. The number of fused-ring (bicyclic) bond motifs is 1. The van der Waals surface area contributed by atoms with Gasteiger partial charge in [-0.1, -0.05) is 18.2 Å². The van der Waals surface area contributed by atoms with Crippen LogP contribution in [-0.4, -0.2) is 23.0 Å². The Hall–Kier alpha value is -3.75. The molecule has 0 radical (unpaired) electrons. The number of amides is 1. The third-order valence-corrected chi connectivity index (χ3v) is 7.45. The minimum atomic E-state index is -0.116. The minimum Gasteiger partial charge on any atom is -0.493 e. The second-order valence-electron chi connectivity index (χ2n) is 7.46. The molecular weight excluding hydrogens is 466 g/mol. The Morgan fingerprint density at radius 1 is 0.941 bits per heavy atom. The maximum Gasteiger partial charge on any atom is 0.261 e. The van der Waals surface area contributed by atoms with Crippen LogP contribution in [0.15, 0.2) is 79.1 Å². The monoisotopic (exact) mass is 487 g/mol. The molecule has 1 N–H and O–H groups in total. The topological polar surface area (TPSA) is 73.3 Å². The number of methoxy groups -OCH3 is 1. The van der Waals surface area contributed by atoms with Gasteiger partial charge < -0.3 is 14.8 Å². The SMILES string of the molecule is COc1cc(CNC(=O)c2ccc(-c3nc4ccccc4s3)s2)ccc1OCc1ccncc1. The van der Waals surface area contributed by atoms with Crippen LogP contribution in [0.3, 0.4) is 0 Å². The molecule has 6 nitrogen and oxygen atoms in total. The standard InChI is InChI=1S/C26H21N3O3S2/c1-31-21-14-18(6-7-20(21)32-16-17-10-12-27-13-11-17)15-28-25(30)23-8-9-24(33-23)26-29-19-4-2-3-5-22(19)34-26/h2-14H,15-16H2,1H3,(H,28,30). The maximum absolute atomic E-state index is 12.7. The van der Waals surface area contributed by atoms with Crippen LogP contribution >= 0.6 is 22.7 Å². The number of carbonyl (C=O) groups excluding carboxylic acids is 1. The fourth-order valence-electron chi connectivity index (χ4n) is 3.40. The smallest absolute Gasteiger partial charge is 0.261 e. The van der Waals surface area contributed by atoms with Gasteiger partial charge >= 0.3 is 0 Å². The molecule has 0 saturated heterocycles. The quantitative estimate of drug-likeness (QED) is 0.293. The molecule has 0 aliphatic heterocycles. The second kappa shape index (κ2) is 10.0. The lowest BCUT2D eigenvalue weighted by molar-refractivity contribution is 0.0955. The summed E-state index contributed by atoms with van der Waals surface area (Å²) >= 11 is 3.08. The zero-order valence-electron chi connectivity index (χ0n) is 18.4. The van der Waals surface area contributed by atoms with Crippen molar-refractivity contribution < 1.29 is 14.3 Å². The van der Waals surface area contributed by atoms with E-state index >= 15 is 0 Å². The Morgan fingerprint density at radius 3 is 2.62 bits per heavy atom. The molecule has 2 aromatic carbocycles. The molecule has 0 spiro atoms. The van der Waals surface area contributed by atoms with Crippen LogP contribution in [0.5, 0.6) is 11.5 Å². The van der Waals surface area contributed by atoms with Crippen LogP contribution in [0.25, 0.3) is 20.1 Å². The number of para-hydroxylation sites is 1. The van der Waals surface area contributed by atoms with E-state index < -0.39 is 0 Å². The molecule has 0 unspecified atom stereocenters. The highest BCUT2D eigenvalue weighted by atomic mass is 32.1. The number of hydrogen-bond donors (Lipinski definition) is 1. The number of aromatic nitrogens is 2. The van der Waals surface area contributed by atoms with E-state index in [1.165, 1.54) is 11.3 Å². The van der Waals surface area contributed by atoms with Crippen molar-refractivity contribution in [3.63, 3.8) is 0 Å². The number of ether oxygens (including phenoxy) is 2. The third kappa shape index (κ3) is 4.93. The van der Waals surface area contributed by atoms with Gasteiger partial charge in [-0.15, -0.1) is 22.7 Å². The maximum atomic E-state index is 12.7. The predicted molar refractivity (Wildman–Crippen MR) is 136 cm³/mol. The molecule has 0 bridgehead atoms. The van der Waals surface area contributed by atoms with E-state index in [1.807, 2.05) is 60.7 Å². The van der Waals surface area contributed by atoms with Crippen LogP contribution < -0.4 is 14.8 Å². The summed E-state index contributed by atoms with van der Waals surface area (Å²) in [6.07, 6.45) is 3.47. The highest BCUT2D eigenvalue weighted by molar-refractivity contribution is 7.26. The van der Waals surface area contributed by atoms with Crippen LogP contribution in [0.4, 0.5) is 0 Å². The predicted octanol–water partition coefficient (Wildman–Crippen LogP) is 5.94. The van der Waals surface area contributed by atoms with Crippen molar-refractivity contribution in [3.05, 3.63) is 95.1 Å². The van der Waals surface area contributed by atoms with Crippen LogP contribution in [0.2, 0.25) is 0 Å². The summed E-state index contributed by atoms with van der Waals surface area (Å²) in [6, 6.07) is 21.3. The summed E-state index contributed by atoms with van der Waals surface area (Å²) in [5, 5.41) is 3.91. The van der Waals surface area contributed by atoms with Crippen molar-refractivity contribution in [2.45, 2.75) is 13.2 Å². The first-order chi connectivity index (χ1) is 16.7. The van der Waals surface area contributed by atoms with Gasteiger partial charge in [-0.05, 0) is 59.7 Å². The number of pyridine rings is 1. The first-order valence-electron chi connectivity index (χ1n) is 10.6. The number of hydrogen-bond acceptors (Lipinski definition) is 7. The molecular formula is C26H21N3O3S2. The molecule has 170 valence electrons. The van der Waals surface area contributed by atoms with Crippen LogP contribution in [0, 0.1) is 0 Å². The molecule has 8 heteroatoms. The van der Waals surface area contributed by atoms with Crippen molar-refractivity contribution in [2.24, 2.45) is 0 Å². The Morgan fingerprint density at radius 2 is 1.79 bits per heavy atom. The molecule has 0 fully saturated rings. The summed E-state index contributed by atoms with van der Waals surface area (Å²) in [5.41, 5.74) is 2.92. The minimum absolute atomic E-state index is 0.116. The van der Waals surface area contributed by atoms with Crippen molar-refractivity contribution in [1.29, 1.82) is 0 Å². The summed E-state index contributed by atoms with van der Waals surface area (Å²) in [6.45, 7) is 0.804. The van der Waals surface area contributed by atoms with E-state index in [0.717, 1.165) is 31.2 Å². The molecule has 0 saturated carbocycles. The summed E-state index contributed by atoms with van der Waals surface area (Å²) in [5.74, 6) is 1.15. The van der Waals surface area contributed by atoms with Crippen LogP contribution in [-0.2, 0) is 13.2 Å². The third-order valence-electron chi connectivity index (χ3n) is 5.16. The van der Waals surface area contributed by atoms with Gasteiger partial charge in [0.25, 0.3) is 5.91 Å². The van der Waals surface area contributed by atoms with E-state index in [9.17, 15) is 4.79 Å². The van der Waals surface area contributed by atoms with Crippen molar-refractivity contribution in [2.75, 3.05) is 7.11 Å². The molecule has 1 amide bonds. The summed E-state index contributed by atoms with van der Waals surface area (Å²) < 4.78 is 12.5. The number of carbonyl (C=O) groups is 1.